The van der Waals surface area contributed by atoms with Crippen LogP contribution in [0, 0.1) is 0 Å². The number of H-pyrrole nitrogens is 1. The molecule has 1 aliphatic rings. The number of nitrogens with zero attached hydrogens (tertiary/aromatic N) is 1. The minimum atomic E-state index is -0.713. The maximum absolute atomic E-state index is 12.3. The Morgan fingerprint density at radius 1 is 1.23 bits per heavy atom. The van der Waals surface area contributed by atoms with E-state index in [0.717, 1.165) is 33.5 Å². The molecule has 3 heterocycles. The molecule has 0 radical (unpaired) electrons. The molecule has 0 aliphatic carbocycles. The second-order valence-electron chi connectivity index (χ2n) is 6.34. The van der Waals surface area contributed by atoms with E-state index in [1.807, 2.05) is 36.4 Å². The van der Waals surface area contributed by atoms with Crippen LogP contribution in [0.3, 0.4) is 0 Å². The second kappa shape index (κ2) is 7.17. The summed E-state index contributed by atoms with van der Waals surface area (Å²) in [5.41, 5.74) is 8.15. The van der Waals surface area contributed by atoms with Gasteiger partial charge in [-0.05, 0) is 24.5 Å². The molecule has 1 fully saturated rings. The molecule has 7 heteroatoms. The molecule has 1 aliphatic heterocycles. The van der Waals surface area contributed by atoms with Gasteiger partial charge in [0, 0.05) is 38.8 Å². The molecule has 4 rings (SSSR count). The Labute approximate surface area is 157 Å². The molecule has 2 aromatic heterocycles. The topological polar surface area (TPSA) is 88.3 Å². The summed E-state index contributed by atoms with van der Waals surface area (Å²) in [6.07, 6.45) is 3.35. The summed E-state index contributed by atoms with van der Waals surface area (Å²) in [6.45, 7) is 0. The third-order valence-electron chi connectivity index (χ3n) is 4.59. The van der Waals surface area contributed by atoms with Gasteiger partial charge < -0.3 is 10.7 Å². The van der Waals surface area contributed by atoms with E-state index in [1.165, 1.54) is 11.3 Å². The van der Waals surface area contributed by atoms with Gasteiger partial charge in [0.2, 0.25) is 0 Å². The summed E-state index contributed by atoms with van der Waals surface area (Å²) >= 11 is 1.49. The summed E-state index contributed by atoms with van der Waals surface area (Å²) in [5.74, 6) is 1.83. The summed E-state index contributed by atoms with van der Waals surface area (Å²) in [6, 6.07) is 11.9. The molecule has 0 saturated carbocycles. The zero-order valence-corrected chi connectivity index (χ0v) is 15.7. The van der Waals surface area contributed by atoms with Crippen molar-refractivity contribution >= 4 is 38.1 Å². The number of pyridine rings is 1. The zero-order chi connectivity index (χ0) is 18.1. The highest BCUT2D eigenvalue weighted by Gasteiger charge is 2.19. The Morgan fingerprint density at radius 2 is 1.96 bits per heavy atom. The lowest BCUT2D eigenvalue weighted by Crippen LogP contribution is -2.24. The fourth-order valence-electron chi connectivity index (χ4n) is 3.17. The van der Waals surface area contributed by atoms with Crippen LogP contribution >= 0.6 is 11.3 Å². The maximum Gasteiger partial charge on any atom is 0.256 e. The molecule has 0 unspecified atom stereocenters. The molecule has 1 aromatic carbocycles. The molecule has 0 atom stereocenters. The number of aromatic amines is 1. The molecule has 3 aromatic rings. The van der Waals surface area contributed by atoms with E-state index < -0.39 is 10.8 Å². The fraction of sp³-hybridized carbons (Fsp3) is 0.263. The Hall–Kier alpha value is -2.25. The van der Waals surface area contributed by atoms with Crippen LogP contribution in [0.1, 0.15) is 17.7 Å². The normalized spacial score (nSPS) is 21.2. The van der Waals surface area contributed by atoms with Crippen molar-refractivity contribution in [3.05, 3.63) is 57.8 Å². The highest BCUT2D eigenvalue weighted by Crippen LogP contribution is 2.32. The molecule has 0 bridgehead atoms. The average Bonchev–Trinajstić information content (AvgIpc) is 3.11. The van der Waals surface area contributed by atoms with Gasteiger partial charge >= 0.3 is 0 Å². The number of aliphatic imine (C=N–C) groups is 1. The van der Waals surface area contributed by atoms with E-state index in [4.69, 9.17) is 5.73 Å². The lowest BCUT2D eigenvalue weighted by Gasteiger charge is -2.17. The van der Waals surface area contributed by atoms with Crippen LogP contribution in [0.4, 0.5) is 0 Å². The van der Waals surface area contributed by atoms with Crippen LogP contribution < -0.4 is 11.3 Å². The number of thiophene rings is 1. The van der Waals surface area contributed by atoms with Gasteiger partial charge in [-0.15, -0.1) is 11.3 Å². The Bertz CT molecular complexity index is 1040. The average molecular weight is 386 g/mol. The van der Waals surface area contributed by atoms with Crippen LogP contribution in [-0.2, 0) is 10.8 Å². The van der Waals surface area contributed by atoms with Crippen molar-refractivity contribution in [2.75, 3.05) is 11.5 Å². The van der Waals surface area contributed by atoms with Crippen LogP contribution in [0.5, 0.6) is 0 Å². The number of fused-ring (bicyclic) bond motifs is 1. The maximum atomic E-state index is 12.3. The summed E-state index contributed by atoms with van der Waals surface area (Å²) < 4.78 is 12.4. The third-order valence-corrected chi connectivity index (χ3v) is 7.16. The molecule has 26 heavy (non-hydrogen) atoms. The number of hydrogen-bond acceptors (Lipinski definition) is 4. The molecule has 3 N–H and O–H groups in total. The number of nitrogens with one attached hydrogen (secondary N) is 1. The Kier molecular flexibility index (Phi) is 4.74. The third kappa shape index (κ3) is 3.37. The molecule has 0 amide bonds. The molecule has 5 nitrogen and oxygen atoms in total. The van der Waals surface area contributed by atoms with Gasteiger partial charge in [-0.2, -0.15) is 0 Å². The second-order valence-corrected chi connectivity index (χ2v) is 9.09. The standard InChI is InChI=1S/C19H19N3O2S2/c20-18(22-13-6-8-26(24)9-7-13)16-10-14-17(25-16)15(11-21-19(14)23)12-4-2-1-3-5-12/h1-5,10-11,13H,6-9H2,(H2,20,22)(H,21,23). The van der Waals surface area contributed by atoms with Gasteiger partial charge in [-0.3, -0.25) is 14.0 Å². The predicted molar refractivity (Wildman–Crippen MR) is 110 cm³/mol. The smallest absolute Gasteiger partial charge is 0.256 e. The Morgan fingerprint density at radius 3 is 2.69 bits per heavy atom. The summed E-state index contributed by atoms with van der Waals surface area (Å²) in [4.78, 5) is 20.5. The van der Waals surface area contributed by atoms with Crippen molar-refractivity contribution in [1.82, 2.24) is 4.98 Å². The van der Waals surface area contributed by atoms with Crippen LogP contribution in [0.15, 0.2) is 52.4 Å². The summed E-state index contributed by atoms with van der Waals surface area (Å²) in [7, 11) is -0.713. The largest absolute Gasteiger partial charge is 0.383 e. The number of amidine groups is 1. The van der Waals surface area contributed by atoms with Crippen LogP contribution in [0.25, 0.3) is 21.2 Å². The van der Waals surface area contributed by atoms with E-state index in [-0.39, 0.29) is 11.6 Å². The first-order chi connectivity index (χ1) is 12.6. The highest BCUT2D eigenvalue weighted by atomic mass is 32.2. The van der Waals surface area contributed by atoms with Gasteiger partial charge in [0.1, 0.15) is 5.84 Å². The highest BCUT2D eigenvalue weighted by molar-refractivity contribution is 7.85. The van der Waals surface area contributed by atoms with E-state index in [1.54, 1.807) is 6.20 Å². The van der Waals surface area contributed by atoms with Crippen molar-refractivity contribution in [2.45, 2.75) is 18.9 Å². The van der Waals surface area contributed by atoms with Crippen molar-refractivity contribution in [1.29, 1.82) is 0 Å². The first kappa shape index (κ1) is 17.2. The van der Waals surface area contributed by atoms with Gasteiger partial charge in [0.05, 0.1) is 16.3 Å². The SMILES string of the molecule is NC(=NC1CCS(=O)CC1)c1cc2c(=O)[nH]cc(-c3ccccc3)c2s1. The van der Waals surface area contributed by atoms with Crippen molar-refractivity contribution in [3.63, 3.8) is 0 Å². The molecule has 134 valence electrons. The monoisotopic (exact) mass is 385 g/mol. The number of nitrogens with two attached hydrogens (primary N) is 1. The number of rotatable bonds is 3. The fourth-order valence-corrected chi connectivity index (χ4v) is 5.55. The first-order valence-corrected chi connectivity index (χ1v) is 10.8. The Balaban J connectivity index is 1.74. The van der Waals surface area contributed by atoms with Gasteiger partial charge in [-0.25, -0.2) is 0 Å². The number of aromatic nitrogens is 1. The lowest BCUT2D eigenvalue weighted by atomic mass is 10.1. The number of hydrogen-bond donors (Lipinski definition) is 2. The van der Waals surface area contributed by atoms with E-state index in [2.05, 4.69) is 9.98 Å². The van der Waals surface area contributed by atoms with Gasteiger partial charge in [0.25, 0.3) is 5.56 Å². The molecule has 1 saturated heterocycles. The molecular formula is C19H19N3O2S2. The van der Waals surface area contributed by atoms with Gasteiger partial charge in [0.15, 0.2) is 0 Å². The number of benzene rings is 1. The van der Waals surface area contributed by atoms with E-state index in [9.17, 15) is 9.00 Å². The lowest BCUT2D eigenvalue weighted by molar-refractivity contribution is 0.599. The first-order valence-electron chi connectivity index (χ1n) is 8.51. The predicted octanol–water partition coefficient (Wildman–Crippen LogP) is 2.87. The van der Waals surface area contributed by atoms with E-state index in [0.29, 0.717) is 22.7 Å². The minimum absolute atomic E-state index is 0.116. The molecular weight excluding hydrogens is 366 g/mol. The quantitative estimate of drug-likeness (QED) is 0.537. The van der Waals surface area contributed by atoms with Crippen LogP contribution in [0.2, 0.25) is 0 Å². The van der Waals surface area contributed by atoms with Crippen LogP contribution in [-0.4, -0.2) is 32.6 Å². The molecule has 0 spiro atoms. The minimum Gasteiger partial charge on any atom is -0.383 e. The van der Waals surface area contributed by atoms with Gasteiger partial charge in [-0.1, -0.05) is 30.3 Å². The van der Waals surface area contributed by atoms with E-state index >= 15 is 0 Å². The van der Waals surface area contributed by atoms with Crippen molar-refractivity contribution in [2.24, 2.45) is 10.7 Å². The van der Waals surface area contributed by atoms with Crippen molar-refractivity contribution < 1.29 is 4.21 Å². The zero-order valence-electron chi connectivity index (χ0n) is 14.1. The van der Waals surface area contributed by atoms with Crippen molar-refractivity contribution in [3.8, 4) is 11.1 Å². The summed E-state index contributed by atoms with van der Waals surface area (Å²) in [5, 5.41) is 0.634.